The van der Waals surface area contributed by atoms with Crippen LogP contribution in [-0.2, 0) is 4.79 Å². The molecule has 1 fully saturated rings. The van der Waals surface area contributed by atoms with E-state index in [0.717, 1.165) is 25.1 Å². The molecule has 0 spiro atoms. The summed E-state index contributed by atoms with van der Waals surface area (Å²) in [5.41, 5.74) is 2.43. The second-order valence-electron chi connectivity index (χ2n) is 7.04. The summed E-state index contributed by atoms with van der Waals surface area (Å²) < 4.78 is 6.58. The van der Waals surface area contributed by atoms with Crippen molar-refractivity contribution in [3.8, 4) is 5.75 Å². The van der Waals surface area contributed by atoms with Crippen LogP contribution in [0.4, 0.5) is 0 Å². The summed E-state index contributed by atoms with van der Waals surface area (Å²) in [5.74, 6) is -0.164. The Labute approximate surface area is 163 Å². The number of benzene rings is 2. The van der Waals surface area contributed by atoms with E-state index in [4.69, 9.17) is 4.74 Å². The first-order chi connectivity index (χ1) is 13.2. The summed E-state index contributed by atoms with van der Waals surface area (Å²) in [7, 11) is 1.67. The van der Waals surface area contributed by atoms with Gasteiger partial charge in [0.2, 0.25) is 0 Å². The molecule has 0 radical (unpaired) electrons. The second-order valence-corrected chi connectivity index (χ2v) is 7.95. The van der Waals surface area contributed by atoms with E-state index in [-0.39, 0.29) is 12.0 Å². The van der Waals surface area contributed by atoms with E-state index in [1.54, 1.807) is 18.4 Å². The van der Waals surface area contributed by atoms with E-state index >= 15 is 0 Å². The molecule has 1 aromatic heterocycles. The molecule has 1 saturated heterocycles. The van der Waals surface area contributed by atoms with Crippen LogP contribution >= 0.6 is 11.3 Å². The first-order valence-electron chi connectivity index (χ1n) is 9.24. The van der Waals surface area contributed by atoms with Gasteiger partial charge in [0, 0.05) is 11.2 Å². The first-order valence-corrected chi connectivity index (χ1v) is 10.1. The predicted molar refractivity (Wildman–Crippen MR) is 109 cm³/mol. The lowest BCUT2D eigenvalue weighted by Gasteiger charge is -2.37. The van der Waals surface area contributed by atoms with Crippen LogP contribution in [0.2, 0.25) is 0 Å². The number of likely N-dealkylation sites (tertiary alicyclic amines) is 1. The van der Waals surface area contributed by atoms with Crippen LogP contribution in [0.25, 0.3) is 10.1 Å². The van der Waals surface area contributed by atoms with E-state index in [1.165, 1.54) is 21.2 Å². The van der Waals surface area contributed by atoms with Crippen molar-refractivity contribution in [3.05, 3.63) is 65.0 Å². The fraction of sp³-hybridized carbons (Fsp3) is 0.318. The number of methoxy groups -OCH3 is 1. The fourth-order valence-corrected chi connectivity index (χ4v) is 5.01. The molecule has 27 heavy (non-hydrogen) atoms. The molecule has 1 N–H and O–H groups in total. The molecule has 2 unspecified atom stereocenters. The zero-order chi connectivity index (χ0) is 18.8. The largest absolute Gasteiger partial charge is 0.497 e. The number of piperidine rings is 1. The highest BCUT2D eigenvalue weighted by Gasteiger charge is 2.32. The Bertz CT molecular complexity index is 934. The minimum Gasteiger partial charge on any atom is -0.497 e. The summed E-state index contributed by atoms with van der Waals surface area (Å²) in [6, 6.07) is 16.6. The molecule has 140 valence electrons. The SMILES string of the molecule is COc1ccc(C(c2csc3ccccc23)N2CCCC(C(=O)O)C2)cc1. The quantitative estimate of drug-likeness (QED) is 0.690. The van der Waals surface area contributed by atoms with Crippen molar-refractivity contribution in [2.45, 2.75) is 18.9 Å². The van der Waals surface area contributed by atoms with Crippen molar-refractivity contribution in [1.82, 2.24) is 4.90 Å². The van der Waals surface area contributed by atoms with Gasteiger partial charge in [0.25, 0.3) is 0 Å². The summed E-state index contributed by atoms with van der Waals surface area (Å²) in [5, 5.41) is 13.0. The molecule has 0 bridgehead atoms. The highest BCUT2D eigenvalue weighted by molar-refractivity contribution is 7.17. The van der Waals surface area contributed by atoms with Gasteiger partial charge in [-0.25, -0.2) is 0 Å². The van der Waals surface area contributed by atoms with Gasteiger partial charge < -0.3 is 9.84 Å². The Balaban J connectivity index is 1.78. The molecule has 2 atom stereocenters. The van der Waals surface area contributed by atoms with Gasteiger partial charge in [-0.3, -0.25) is 9.69 Å². The summed E-state index contributed by atoms with van der Waals surface area (Å²) in [4.78, 5) is 13.9. The Morgan fingerprint density at radius 3 is 2.74 bits per heavy atom. The lowest BCUT2D eigenvalue weighted by molar-refractivity contribution is -0.143. The molecule has 0 aliphatic carbocycles. The number of rotatable bonds is 5. The zero-order valence-corrected chi connectivity index (χ0v) is 16.1. The Morgan fingerprint density at radius 1 is 1.22 bits per heavy atom. The van der Waals surface area contributed by atoms with Crippen LogP contribution in [0.5, 0.6) is 5.75 Å². The minimum absolute atomic E-state index is 0.0502. The van der Waals surface area contributed by atoms with E-state index in [9.17, 15) is 9.90 Å². The summed E-state index contributed by atoms with van der Waals surface area (Å²) in [6.45, 7) is 1.49. The van der Waals surface area contributed by atoms with Crippen LogP contribution in [0.1, 0.15) is 30.0 Å². The molecule has 1 aliphatic rings. The van der Waals surface area contributed by atoms with E-state index < -0.39 is 5.97 Å². The van der Waals surface area contributed by atoms with Gasteiger partial charge in [0.05, 0.1) is 19.1 Å². The van der Waals surface area contributed by atoms with E-state index in [1.807, 2.05) is 12.1 Å². The van der Waals surface area contributed by atoms with Gasteiger partial charge >= 0.3 is 5.97 Å². The number of nitrogens with zero attached hydrogens (tertiary/aromatic N) is 1. The molecule has 3 aromatic rings. The first kappa shape index (κ1) is 18.0. The maximum Gasteiger partial charge on any atom is 0.307 e. The van der Waals surface area contributed by atoms with Crippen molar-refractivity contribution in [1.29, 1.82) is 0 Å². The number of hydrogen-bond donors (Lipinski definition) is 1. The van der Waals surface area contributed by atoms with Crippen molar-refractivity contribution >= 4 is 27.4 Å². The van der Waals surface area contributed by atoms with Crippen LogP contribution in [0.15, 0.2) is 53.9 Å². The van der Waals surface area contributed by atoms with Gasteiger partial charge in [0.15, 0.2) is 0 Å². The minimum atomic E-state index is -0.691. The average molecular weight is 381 g/mol. The molecule has 1 aliphatic heterocycles. The molecule has 4 rings (SSSR count). The molecule has 0 saturated carbocycles. The standard InChI is InChI=1S/C22H23NO3S/c1-26-17-10-8-15(9-11-17)21(23-12-4-5-16(13-23)22(24)25)19-14-27-20-7-3-2-6-18(19)20/h2-3,6-11,14,16,21H,4-5,12-13H2,1H3,(H,24,25). The molecule has 2 aromatic carbocycles. The fourth-order valence-electron chi connectivity index (χ4n) is 4.03. The highest BCUT2D eigenvalue weighted by Crippen LogP contribution is 2.39. The number of thiophene rings is 1. The van der Waals surface area contributed by atoms with Crippen LogP contribution in [0.3, 0.4) is 0 Å². The number of aliphatic carboxylic acids is 1. The molecule has 4 nitrogen and oxygen atoms in total. The number of hydrogen-bond acceptors (Lipinski definition) is 4. The van der Waals surface area contributed by atoms with Gasteiger partial charge in [0.1, 0.15) is 5.75 Å². The number of carboxylic acid groups (broad SMARTS) is 1. The number of carboxylic acids is 1. The molecular weight excluding hydrogens is 358 g/mol. The maximum absolute atomic E-state index is 11.6. The topological polar surface area (TPSA) is 49.8 Å². The molecule has 2 heterocycles. The molecular formula is C22H23NO3S. The zero-order valence-electron chi connectivity index (χ0n) is 15.3. The third kappa shape index (κ3) is 3.57. The van der Waals surface area contributed by atoms with Crippen molar-refractivity contribution in [2.24, 2.45) is 5.92 Å². The summed E-state index contributed by atoms with van der Waals surface area (Å²) >= 11 is 1.75. The normalized spacial score (nSPS) is 19.1. The van der Waals surface area contributed by atoms with E-state index in [2.05, 4.69) is 46.7 Å². The lowest BCUT2D eigenvalue weighted by Crippen LogP contribution is -2.41. The average Bonchev–Trinajstić information content (AvgIpc) is 3.13. The molecule has 0 amide bonds. The van der Waals surface area contributed by atoms with Crippen LogP contribution in [0, 0.1) is 5.92 Å². The van der Waals surface area contributed by atoms with Crippen molar-refractivity contribution in [2.75, 3.05) is 20.2 Å². The number of ether oxygens (including phenoxy) is 1. The maximum atomic E-state index is 11.6. The van der Waals surface area contributed by atoms with Crippen molar-refractivity contribution in [3.63, 3.8) is 0 Å². The number of fused-ring (bicyclic) bond motifs is 1. The van der Waals surface area contributed by atoms with E-state index in [0.29, 0.717) is 6.54 Å². The molecule has 5 heteroatoms. The highest BCUT2D eigenvalue weighted by atomic mass is 32.1. The van der Waals surface area contributed by atoms with Gasteiger partial charge in [-0.15, -0.1) is 11.3 Å². The van der Waals surface area contributed by atoms with Crippen LogP contribution in [-0.4, -0.2) is 36.2 Å². The smallest absolute Gasteiger partial charge is 0.307 e. The second kappa shape index (κ2) is 7.71. The monoisotopic (exact) mass is 381 g/mol. The number of carbonyl (C=O) groups is 1. The third-order valence-electron chi connectivity index (χ3n) is 5.40. The Morgan fingerprint density at radius 2 is 2.00 bits per heavy atom. The van der Waals surface area contributed by atoms with Gasteiger partial charge in [-0.1, -0.05) is 30.3 Å². The Hall–Kier alpha value is -2.37. The van der Waals surface area contributed by atoms with Gasteiger partial charge in [-0.05, 0) is 59.5 Å². The van der Waals surface area contributed by atoms with Gasteiger partial charge in [-0.2, -0.15) is 0 Å². The lowest BCUT2D eigenvalue weighted by atomic mass is 9.91. The summed E-state index contributed by atoms with van der Waals surface area (Å²) in [6.07, 6.45) is 1.66. The van der Waals surface area contributed by atoms with Crippen molar-refractivity contribution < 1.29 is 14.6 Å². The van der Waals surface area contributed by atoms with Crippen LogP contribution < -0.4 is 4.74 Å². The third-order valence-corrected chi connectivity index (χ3v) is 6.39. The predicted octanol–water partition coefficient (Wildman–Crippen LogP) is 4.80. The Kier molecular flexibility index (Phi) is 5.14.